The second-order valence-corrected chi connectivity index (χ2v) is 6.18. The van der Waals surface area contributed by atoms with Crippen LogP contribution in [0.15, 0.2) is 6.08 Å². The van der Waals surface area contributed by atoms with Gasteiger partial charge >= 0.3 is 11.9 Å². The van der Waals surface area contributed by atoms with Crippen LogP contribution in [0.25, 0.3) is 0 Å². The lowest BCUT2D eigenvalue weighted by Gasteiger charge is -2.47. The van der Waals surface area contributed by atoms with E-state index in [0.717, 1.165) is 0 Å². The monoisotopic (exact) mass is 254 g/mol. The predicted octanol–water partition coefficient (Wildman–Crippen LogP) is 1.75. The third kappa shape index (κ3) is 2.46. The normalized spacial score (nSPS) is 39.7. The lowest BCUT2D eigenvalue weighted by molar-refractivity contribution is -0.165. The molecule has 5 nitrogen and oxygen atoms in total. The summed E-state index contributed by atoms with van der Waals surface area (Å²) in [4.78, 5) is 33.3. The van der Waals surface area contributed by atoms with Gasteiger partial charge in [0, 0.05) is 6.08 Å². The van der Waals surface area contributed by atoms with E-state index in [4.69, 9.17) is 0 Å². The van der Waals surface area contributed by atoms with Gasteiger partial charge in [0.1, 0.15) is 5.94 Å². The average Bonchev–Trinajstić information content (AvgIpc) is 2.14. The van der Waals surface area contributed by atoms with Gasteiger partial charge in [0.25, 0.3) is 0 Å². The first-order valence-electron chi connectivity index (χ1n) is 5.76. The molecule has 0 heterocycles. The van der Waals surface area contributed by atoms with E-state index in [1.54, 1.807) is 12.9 Å². The van der Waals surface area contributed by atoms with Crippen molar-refractivity contribution in [1.29, 1.82) is 0 Å². The summed E-state index contributed by atoms with van der Waals surface area (Å²) in [6, 6.07) is 0. The van der Waals surface area contributed by atoms with E-state index < -0.39 is 28.2 Å². The summed E-state index contributed by atoms with van der Waals surface area (Å²) >= 11 is 0. The van der Waals surface area contributed by atoms with Gasteiger partial charge in [-0.3, -0.25) is 9.59 Å². The number of carboxylic acids is 2. The molecule has 0 aliphatic heterocycles. The van der Waals surface area contributed by atoms with Crippen LogP contribution in [-0.2, 0) is 14.4 Å². The molecule has 1 saturated carbocycles. The highest BCUT2D eigenvalue weighted by atomic mass is 16.4. The highest BCUT2D eigenvalue weighted by Gasteiger charge is 2.54. The van der Waals surface area contributed by atoms with Crippen LogP contribution in [0.1, 0.15) is 40.0 Å². The van der Waals surface area contributed by atoms with Crippen LogP contribution >= 0.6 is 0 Å². The number of carboxylic acid groups (broad SMARTS) is 2. The van der Waals surface area contributed by atoms with Crippen molar-refractivity contribution in [2.24, 2.45) is 16.2 Å². The third-order valence-corrected chi connectivity index (χ3v) is 3.81. The fourth-order valence-corrected chi connectivity index (χ4v) is 3.38. The maximum Gasteiger partial charge on any atom is 0.309 e. The van der Waals surface area contributed by atoms with Gasteiger partial charge in [-0.2, -0.15) is 0 Å². The number of carbonyl (C=O) groups is 2. The van der Waals surface area contributed by atoms with Crippen molar-refractivity contribution in [3.8, 4) is 0 Å². The molecule has 2 unspecified atom stereocenters. The SMILES string of the molecule is CC1(C=C=O)CC(C)(C(=O)O)CC(C)(C(=O)O)C1. The Morgan fingerprint density at radius 2 is 1.39 bits per heavy atom. The molecule has 2 atom stereocenters. The Morgan fingerprint density at radius 1 is 1.00 bits per heavy atom. The van der Waals surface area contributed by atoms with Crippen LogP contribution < -0.4 is 0 Å². The first kappa shape index (κ1) is 14.5. The van der Waals surface area contributed by atoms with E-state index in [1.807, 2.05) is 0 Å². The van der Waals surface area contributed by atoms with Gasteiger partial charge in [-0.25, -0.2) is 4.79 Å². The van der Waals surface area contributed by atoms with Gasteiger partial charge in [0.05, 0.1) is 10.8 Å². The fourth-order valence-electron chi connectivity index (χ4n) is 3.38. The molecule has 2 N–H and O–H groups in total. The zero-order chi connectivity index (χ0) is 14.2. The van der Waals surface area contributed by atoms with Gasteiger partial charge in [0.15, 0.2) is 0 Å². The molecule has 0 saturated heterocycles. The minimum Gasteiger partial charge on any atom is -0.481 e. The fraction of sp³-hybridized carbons (Fsp3) is 0.692. The van der Waals surface area contributed by atoms with Crippen molar-refractivity contribution < 1.29 is 24.6 Å². The lowest BCUT2D eigenvalue weighted by Crippen LogP contribution is -2.48. The highest BCUT2D eigenvalue weighted by Crippen LogP contribution is 2.54. The van der Waals surface area contributed by atoms with Crippen molar-refractivity contribution in [2.75, 3.05) is 0 Å². The molecule has 1 fully saturated rings. The Hall–Kier alpha value is -1.61. The molecule has 100 valence electrons. The smallest absolute Gasteiger partial charge is 0.309 e. The molecule has 0 amide bonds. The number of hydrogen-bond acceptors (Lipinski definition) is 3. The molecule has 0 spiro atoms. The van der Waals surface area contributed by atoms with Crippen LogP contribution in [-0.4, -0.2) is 28.1 Å². The number of aliphatic carboxylic acids is 2. The van der Waals surface area contributed by atoms with Gasteiger partial charge in [-0.15, -0.1) is 0 Å². The Kier molecular flexibility index (Phi) is 3.41. The van der Waals surface area contributed by atoms with Crippen molar-refractivity contribution in [3.05, 3.63) is 6.08 Å². The molecular formula is C13H18O5. The standard InChI is InChI=1S/C13H18O5/c1-11(4-5-14)6-12(2,9(15)16)8-13(3,7-11)10(17)18/h4H,6-8H2,1-3H3,(H,15,16)(H,17,18). The van der Waals surface area contributed by atoms with E-state index in [-0.39, 0.29) is 19.3 Å². The van der Waals surface area contributed by atoms with E-state index in [1.165, 1.54) is 19.9 Å². The molecular weight excluding hydrogens is 236 g/mol. The summed E-state index contributed by atoms with van der Waals surface area (Å²) in [6.07, 6.45) is 1.81. The molecule has 1 aliphatic rings. The Bertz CT molecular complexity index is 379. The number of rotatable bonds is 3. The van der Waals surface area contributed by atoms with Crippen LogP contribution in [0.3, 0.4) is 0 Å². The summed E-state index contributed by atoms with van der Waals surface area (Å²) in [5, 5.41) is 18.6. The lowest BCUT2D eigenvalue weighted by atomic mass is 9.54. The first-order valence-corrected chi connectivity index (χ1v) is 5.76. The Balaban J connectivity index is 3.28. The second-order valence-electron chi connectivity index (χ2n) is 6.18. The summed E-state index contributed by atoms with van der Waals surface area (Å²) in [5.74, 6) is -0.385. The van der Waals surface area contributed by atoms with E-state index in [0.29, 0.717) is 0 Å². The molecule has 0 aromatic rings. The number of allylic oxidation sites excluding steroid dienone is 1. The third-order valence-electron chi connectivity index (χ3n) is 3.81. The van der Waals surface area contributed by atoms with Gasteiger partial charge in [0.2, 0.25) is 0 Å². The second kappa shape index (κ2) is 4.25. The highest BCUT2D eigenvalue weighted by molar-refractivity contribution is 5.79. The average molecular weight is 254 g/mol. The van der Waals surface area contributed by atoms with Crippen LogP contribution in [0.5, 0.6) is 0 Å². The van der Waals surface area contributed by atoms with Crippen molar-refractivity contribution in [3.63, 3.8) is 0 Å². The van der Waals surface area contributed by atoms with Crippen molar-refractivity contribution >= 4 is 17.9 Å². The molecule has 18 heavy (non-hydrogen) atoms. The quantitative estimate of drug-likeness (QED) is 0.748. The maximum atomic E-state index is 11.4. The minimum absolute atomic E-state index is 0.0625. The molecule has 5 heteroatoms. The van der Waals surface area contributed by atoms with Crippen molar-refractivity contribution in [1.82, 2.24) is 0 Å². The van der Waals surface area contributed by atoms with E-state index in [9.17, 15) is 24.6 Å². The van der Waals surface area contributed by atoms with Gasteiger partial charge in [-0.05, 0) is 38.5 Å². The molecule has 1 rings (SSSR count). The molecule has 0 aromatic carbocycles. The van der Waals surface area contributed by atoms with Crippen LogP contribution in [0.2, 0.25) is 0 Å². The minimum atomic E-state index is -1.15. The van der Waals surface area contributed by atoms with Crippen molar-refractivity contribution in [2.45, 2.75) is 40.0 Å². The topological polar surface area (TPSA) is 91.7 Å². The van der Waals surface area contributed by atoms with Gasteiger partial charge < -0.3 is 10.2 Å². The number of carbonyl (C=O) groups excluding carboxylic acids is 1. The molecule has 0 bridgehead atoms. The van der Waals surface area contributed by atoms with Crippen LogP contribution in [0.4, 0.5) is 0 Å². The zero-order valence-corrected chi connectivity index (χ0v) is 10.8. The predicted molar refractivity (Wildman–Crippen MR) is 63.7 cm³/mol. The summed E-state index contributed by atoms with van der Waals surface area (Å²) < 4.78 is 0. The van der Waals surface area contributed by atoms with Crippen LogP contribution in [0, 0.1) is 16.2 Å². The molecule has 0 radical (unpaired) electrons. The number of hydrogen-bond donors (Lipinski definition) is 2. The largest absolute Gasteiger partial charge is 0.481 e. The molecule has 1 aliphatic carbocycles. The van der Waals surface area contributed by atoms with E-state index in [2.05, 4.69) is 0 Å². The maximum absolute atomic E-state index is 11.4. The molecule has 0 aromatic heterocycles. The summed E-state index contributed by atoms with van der Waals surface area (Å²) in [6.45, 7) is 4.78. The summed E-state index contributed by atoms with van der Waals surface area (Å²) in [5.41, 5.74) is -3.04. The van der Waals surface area contributed by atoms with E-state index >= 15 is 0 Å². The Morgan fingerprint density at radius 3 is 1.67 bits per heavy atom. The Labute approximate surface area is 105 Å². The summed E-state index contributed by atoms with van der Waals surface area (Å²) in [7, 11) is 0. The first-order chi connectivity index (χ1) is 8.07. The zero-order valence-electron chi connectivity index (χ0n) is 10.8. The van der Waals surface area contributed by atoms with Gasteiger partial charge in [-0.1, -0.05) is 6.92 Å².